The van der Waals surface area contributed by atoms with Crippen LogP contribution < -0.4 is 4.72 Å². The van der Waals surface area contributed by atoms with Gasteiger partial charge in [0.2, 0.25) is 10.0 Å². The van der Waals surface area contributed by atoms with Crippen molar-refractivity contribution in [2.75, 3.05) is 6.98 Å². The third-order valence-electron chi connectivity index (χ3n) is 1.55. The van der Waals surface area contributed by atoms with Crippen LogP contribution in [0.25, 0.3) is 0 Å². The predicted octanol–water partition coefficient (Wildman–Crippen LogP) is 0.293. The highest BCUT2D eigenvalue weighted by Gasteiger charge is 2.11. The summed E-state index contributed by atoms with van der Waals surface area (Å²) < 4.78 is 44.9. The summed E-state index contributed by atoms with van der Waals surface area (Å²) in [5, 5.41) is 8.61. The van der Waals surface area contributed by atoms with Crippen LogP contribution in [0.3, 0.4) is 0 Å². The summed E-state index contributed by atoms with van der Waals surface area (Å²) in [4.78, 5) is 10.2. The number of carbonyl (C=O) groups is 1. The van der Waals surface area contributed by atoms with E-state index in [1.54, 1.807) is 0 Å². The summed E-state index contributed by atoms with van der Waals surface area (Å²) in [6.45, 7) is -2.83. The maximum atomic E-state index is 11.5. The number of benzene rings is 1. The van der Waals surface area contributed by atoms with Crippen LogP contribution >= 0.6 is 0 Å². The number of hydrogen-bond acceptors (Lipinski definition) is 3. The maximum Gasteiger partial charge on any atom is 0.335 e. The topological polar surface area (TPSA) is 83.5 Å². The first-order chi connectivity index (χ1) is 7.62. The predicted molar refractivity (Wildman–Crippen MR) is 49.6 cm³/mol. The van der Waals surface area contributed by atoms with Crippen molar-refractivity contribution in [3.8, 4) is 0 Å². The van der Waals surface area contributed by atoms with E-state index in [9.17, 15) is 13.2 Å². The van der Waals surface area contributed by atoms with Crippen molar-refractivity contribution in [2.24, 2.45) is 0 Å². The van der Waals surface area contributed by atoms with E-state index in [1.807, 2.05) is 0 Å². The lowest BCUT2D eigenvalue weighted by Crippen LogP contribution is -2.18. The summed E-state index contributed by atoms with van der Waals surface area (Å²) in [5.74, 6) is -1.20. The number of aromatic carboxylic acids is 1. The largest absolute Gasteiger partial charge is 0.478 e. The van der Waals surface area contributed by atoms with Crippen molar-refractivity contribution in [2.45, 2.75) is 4.90 Å². The lowest BCUT2D eigenvalue weighted by molar-refractivity contribution is 0.0697. The van der Waals surface area contributed by atoms with Gasteiger partial charge in [0.25, 0.3) is 0 Å². The van der Waals surface area contributed by atoms with Gasteiger partial charge in [-0.25, -0.2) is 17.9 Å². The minimum absolute atomic E-state index is 0.0853. The van der Waals surface area contributed by atoms with Crippen LogP contribution in [0.5, 0.6) is 0 Å². The molecule has 0 bridgehead atoms. The normalized spacial score (nSPS) is 15.3. The molecule has 5 nitrogen and oxygen atoms in total. The van der Waals surface area contributed by atoms with E-state index in [2.05, 4.69) is 0 Å². The van der Waals surface area contributed by atoms with Crippen molar-refractivity contribution in [1.29, 1.82) is 0 Å². The summed E-state index contributed by atoms with van der Waals surface area (Å²) in [6, 6.07) is 4.21. The first-order valence-corrected chi connectivity index (χ1v) is 4.97. The smallest absolute Gasteiger partial charge is 0.335 e. The Bertz CT molecular complexity index is 521. The number of nitrogens with one attached hydrogen (secondary N) is 1. The van der Waals surface area contributed by atoms with E-state index in [1.165, 1.54) is 4.72 Å². The standard InChI is InChI=1S/C8H9NO4S/c1-9-14(12,13)7-4-2-6(3-5-7)8(10)11/h2-5,9H,1H3,(H,10,11)/i1D3. The third-order valence-corrected chi connectivity index (χ3v) is 2.71. The molecule has 0 fully saturated rings. The zero-order valence-corrected chi connectivity index (χ0v) is 7.71. The van der Waals surface area contributed by atoms with Gasteiger partial charge in [-0.2, -0.15) is 0 Å². The molecule has 6 heteroatoms. The minimum atomic E-state index is -4.17. The SMILES string of the molecule is [2H]C([2H])([2H])NS(=O)(=O)c1ccc(C(=O)O)cc1. The van der Waals surface area contributed by atoms with Crippen LogP contribution in [0, 0.1) is 0 Å². The molecule has 0 atom stereocenters. The highest BCUT2D eigenvalue weighted by molar-refractivity contribution is 7.89. The molecule has 0 saturated heterocycles. The number of sulfonamides is 1. The van der Waals surface area contributed by atoms with Crippen molar-refractivity contribution < 1.29 is 22.4 Å². The van der Waals surface area contributed by atoms with Gasteiger partial charge in [-0.05, 0) is 31.2 Å². The monoisotopic (exact) mass is 218 g/mol. The van der Waals surface area contributed by atoms with E-state index in [-0.39, 0.29) is 10.5 Å². The Balaban J connectivity index is 3.05. The Morgan fingerprint density at radius 2 is 2.00 bits per heavy atom. The van der Waals surface area contributed by atoms with Gasteiger partial charge in [-0.3, -0.25) is 0 Å². The van der Waals surface area contributed by atoms with Gasteiger partial charge in [0.1, 0.15) is 0 Å². The fraction of sp³-hybridized carbons (Fsp3) is 0.125. The summed E-state index contributed by atoms with van der Waals surface area (Å²) >= 11 is 0. The molecule has 1 aromatic rings. The van der Waals surface area contributed by atoms with Crippen molar-refractivity contribution in [1.82, 2.24) is 4.72 Å². The second-order valence-corrected chi connectivity index (χ2v) is 4.12. The summed E-state index contributed by atoms with van der Waals surface area (Å²) in [6.07, 6.45) is 0. The zero-order chi connectivity index (χ0) is 13.3. The van der Waals surface area contributed by atoms with Gasteiger partial charge in [-0.15, -0.1) is 0 Å². The molecule has 0 unspecified atom stereocenters. The van der Waals surface area contributed by atoms with Gasteiger partial charge in [0, 0.05) is 4.11 Å². The molecule has 1 aromatic carbocycles. The number of carboxylic acid groups (broad SMARTS) is 1. The van der Waals surface area contributed by atoms with E-state index in [0.29, 0.717) is 0 Å². The molecule has 14 heavy (non-hydrogen) atoms. The van der Waals surface area contributed by atoms with Gasteiger partial charge in [-0.1, -0.05) is 0 Å². The zero-order valence-electron chi connectivity index (χ0n) is 9.89. The van der Waals surface area contributed by atoms with Crippen LogP contribution in [-0.4, -0.2) is 26.5 Å². The van der Waals surface area contributed by atoms with Crippen molar-refractivity contribution in [3.05, 3.63) is 29.8 Å². The van der Waals surface area contributed by atoms with Gasteiger partial charge in [0.15, 0.2) is 0 Å². The number of hydrogen-bond donors (Lipinski definition) is 2. The Kier molecular flexibility index (Phi) is 1.87. The molecular formula is C8H9NO4S. The average Bonchev–Trinajstić information content (AvgIpc) is 2.14. The average molecular weight is 218 g/mol. The molecule has 0 aromatic heterocycles. The molecular weight excluding hydrogens is 206 g/mol. The minimum Gasteiger partial charge on any atom is -0.478 e. The first kappa shape index (κ1) is 6.97. The fourth-order valence-corrected chi connectivity index (χ4v) is 1.45. The Labute approximate surface area is 85.6 Å². The van der Waals surface area contributed by atoms with Gasteiger partial charge >= 0.3 is 5.97 Å². The molecule has 2 N–H and O–H groups in total. The number of rotatable bonds is 3. The molecule has 0 saturated carbocycles. The third kappa shape index (κ3) is 2.09. The molecule has 0 amide bonds. The van der Waals surface area contributed by atoms with Crippen LogP contribution in [0.15, 0.2) is 29.2 Å². The van der Waals surface area contributed by atoms with Gasteiger partial charge < -0.3 is 5.11 Å². The Morgan fingerprint density at radius 1 is 1.43 bits per heavy atom. The molecule has 0 heterocycles. The fourth-order valence-electron chi connectivity index (χ4n) is 0.836. The van der Waals surface area contributed by atoms with E-state index >= 15 is 0 Å². The lowest BCUT2D eigenvalue weighted by atomic mass is 10.2. The highest BCUT2D eigenvalue weighted by atomic mass is 32.2. The molecule has 0 aliphatic heterocycles. The van der Waals surface area contributed by atoms with Gasteiger partial charge in [0.05, 0.1) is 10.5 Å². The van der Waals surface area contributed by atoms with Crippen LogP contribution in [0.2, 0.25) is 0 Å². The van der Waals surface area contributed by atoms with Crippen LogP contribution in [0.1, 0.15) is 14.5 Å². The molecule has 0 aliphatic rings. The van der Waals surface area contributed by atoms with Crippen LogP contribution in [-0.2, 0) is 10.0 Å². The molecule has 76 valence electrons. The van der Waals surface area contributed by atoms with E-state index in [0.717, 1.165) is 24.3 Å². The molecule has 0 aliphatic carbocycles. The second kappa shape index (κ2) is 3.77. The maximum absolute atomic E-state index is 11.5. The van der Waals surface area contributed by atoms with E-state index in [4.69, 9.17) is 9.22 Å². The van der Waals surface area contributed by atoms with E-state index < -0.39 is 23.0 Å². The quantitative estimate of drug-likeness (QED) is 0.764. The lowest BCUT2D eigenvalue weighted by Gasteiger charge is -2.01. The molecule has 1 rings (SSSR count). The first-order valence-electron chi connectivity index (χ1n) is 4.99. The number of carboxylic acids is 1. The Hall–Kier alpha value is -1.40. The summed E-state index contributed by atoms with van der Waals surface area (Å²) in [7, 11) is -4.17. The second-order valence-electron chi connectivity index (χ2n) is 2.44. The highest BCUT2D eigenvalue weighted by Crippen LogP contribution is 2.09. The Morgan fingerprint density at radius 3 is 2.43 bits per heavy atom. The summed E-state index contributed by atoms with van der Waals surface area (Å²) in [5.41, 5.74) is -0.0853. The molecule has 0 radical (unpaired) electrons. The van der Waals surface area contributed by atoms with Crippen LogP contribution in [0.4, 0.5) is 0 Å². The van der Waals surface area contributed by atoms with Crippen molar-refractivity contribution in [3.63, 3.8) is 0 Å². The molecule has 0 spiro atoms. The van der Waals surface area contributed by atoms with Crippen molar-refractivity contribution >= 4 is 16.0 Å².